The van der Waals surface area contributed by atoms with Gasteiger partial charge in [0.25, 0.3) is 0 Å². The van der Waals surface area contributed by atoms with E-state index in [4.69, 9.17) is 67.5 Å². The Hall–Kier alpha value is -4.36. The molecule has 0 atom stereocenters. The number of benzene rings is 6. The number of ether oxygens (including phenoxy) is 2. The number of para-hydroxylation sites is 3. The summed E-state index contributed by atoms with van der Waals surface area (Å²) >= 11 is 28.4. The molecule has 0 bridgehead atoms. The van der Waals surface area contributed by atoms with Gasteiger partial charge < -0.3 is 9.47 Å². The van der Waals surface area contributed by atoms with Crippen molar-refractivity contribution in [3.05, 3.63) is 159 Å². The molecule has 10 nitrogen and oxygen atoms in total. The third kappa shape index (κ3) is 12.6. The van der Waals surface area contributed by atoms with E-state index in [9.17, 15) is 28.6 Å². The van der Waals surface area contributed by atoms with E-state index in [1.54, 1.807) is 30.3 Å². The zero-order chi connectivity index (χ0) is 41.4. The molecule has 57 heavy (non-hydrogen) atoms. The van der Waals surface area contributed by atoms with Gasteiger partial charge in [0.2, 0.25) is 0 Å². The molecule has 0 heterocycles. The molecule has 0 amide bonds. The van der Waals surface area contributed by atoms with E-state index in [0.29, 0.717) is 11.3 Å². The van der Waals surface area contributed by atoms with Crippen LogP contribution in [-0.2, 0) is 22.0 Å². The minimum absolute atomic E-state index is 0.0309. The molecular weight excluding hydrogens is 858 g/mol. The number of nitro benzene ring substituents is 2. The van der Waals surface area contributed by atoms with Gasteiger partial charge in [-0.25, -0.2) is 8.42 Å². The second kappa shape index (κ2) is 22.5. The van der Waals surface area contributed by atoms with E-state index in [2.05, 4.69) is 42.5 Å². The molecule has 0 N–H and O–H groups in total. The molecule has 0 saturated carbocycles. The van der Waals surface area contributed by atoms with Gasteiger partial charge in [-0.2, -0.15) is 0 Å². The molecule has 0 radical (unpaired) electrons. The Morgan fingerprint density at radius 2 is 1.02 bits per heavy atom. The van der Waals surface area contributed by atoms with E-state index >= 15 is 0 Å². The van der Waals surface area contributed by atoms with Crippen molar-refractivity contribution in [2.45, 2.75) is 29.3 Å². The van der Waals surface area contributed by atoms with Crippen LogP contribution in [0.1, 0.15) is 11.1 Å². The zero-order valence-electron chi connectivity index (χ0n) is 30.2. The van der Waals surface area contributed by atoms with Crippen LogP contribution >= 0.6 is 58.0 Å². The summed E-state index contributed by atoms with van der Waals surface area (Å²) in [6, 6.07) is 37.2. The van der Waals surface area contributed by atoms with E-state index < -0.39 is 43.3 Å². The van der Waals surface area contributed by atoms with Crippen LogP contribution in [-0.4, -0.2) is 59.9 Å². The number of nitrogens with zero attached hydrogens (tertiary/aromatic N) is 2. The number of sulfone groups is 1. The number of nitro groups is 2. The first kappa shape index (κ1) is 45.3. The average molecular weight is 895 g/mol. The Kier molecular flexibility index (Phi) is 17.9. The number of halogens is 5. The Bertz CT molecular complexity index is 2370. The zero-order valence-corrected chi connectivity index (χ0v) is 34.8. The van der Waals surface area contributed by atoms with Crippen LogP contribution in [0.3, 0.4) is 0 Å². The normalized spacial score (nSPS) is 11.1. The molecule has 0 fully saturated rings. The van der Waals surface area contributed by atoms with Gasteiger partial charge in [0, 0.05) is 22.9 Å². The highest BCUT2D eigenvalue weighted by Crippen LogP contribution is 2.35. The number of aryl methyl sites for hydroxylation is 1. The third-order valence-corrected chi connectivity index (χ3v) is 11.6. The van der Waals surface area contributed by atoms with E-state index in [0.717, 1.165) is 11.8 Å². The van der Waals surface area contributed by atoms with Crippen molar-refractivity contribution in [3.8, 4) is 11.5 Å². The molecule has 0 saturated heterocycles. The molecule has 0 aromatic heterocycles. The van der Waals surface area contributed by atoms with E-state index in [-0.39, 0.29) is 51.2 Å². The Morgan fingerprint density at radius 3 is 1.61 bits per heavy atom. The van der Waals surface area contributed by atoms with Gasteiger partial charge in [-0.15, -0.1) is 58.0 Å². The van der Waals surface area contributed by atoms with Crippen molar-refractivity contribution in [1.82, 2.24) is 0 Å². The summed E-state index contributed by atoms with van der Waals surface area (Å²) in [5, 5.41) is 26.3. The lowest BCUT2D eigenvalue weighted by Crippen LogP contribution is -2.21. The number of alkyl halides is 5. The largest absolute Gasteiger partial charge is 0.481 e. The molecule has 16 heteroatoms. The Morgan fingerprint density at radius 1 is 0.544 bits per heavy atom. The first-order chi connectivity index (χ1) is 27.5. The molecule has 6 aromatic carbocycles. The van der Waals surface area contributed by atoms with Gasteiger partial charge in [0.15, 0.2) is 21.3 Å². The maximum Gasteiger partial charge on any atom is 0.315 e. The molecule has 0 spiro atoms. The predicted octanol–water partition coefficient (Wildman–Crippen LogP) is 11.4. The fraction of sp³-hybridized carbons (Fsp3) is 0.220. The highest BCUT2D eigenvalue weighted by atomic mass is 35.5. The van der Waals surface area contributed by atoms with Crippen molar-refractivity contribution in [2.75, 3.05) is 29.4 Å². The number of fused-ring (bicyclic) bond motifs is 2. The summed E-state index contributed by atoms with van der Waals surface area (Å²) in [4.78, 5) is 21.3. The topological polar surface area (TPSA) is 139 Å². The quantitative estimate of drug-likeness (QED) is 0.0564. The second-order valence-corrected chi connectivity index (χ2v) is 15.7. The second-order valence-electron chi connectivity index (χ2n) is 12.2. The summed E-state index contributed by atoms with van der Waals surface area (Å²) in [5.41, 5.74) is 0.880. The minimum Gasteiger partial charge on any atom is -0.481 e. The SMILES string of the molecule is ClCCc1cccc2ccccc12.O=[N+]([O-])c1c(CS(=O)(=O)c2cccc3ccccc23)cccc1OC(CCl)CCl.O=[N+]([O-])c1ccccc1OC(CCl)CCl. The van der Waals surface area contributed by atoms with Crippen molar-refractivity contribution in [1.29, 1.82) is 0 Å². The number of hydrogen-bond donors (Lipinski definition) is 0. The van der Waals surface area contributed by atoms with Crippen molar-refractivity contribution in [2.24, 2.45) is 0 Å². The van der Waals surface area contributed by atoms with Crippen molar-refractivity contribution >= 4 is 101 Å². The van der Waals surface area contributed by atoms with Crippen LogP contribution in [0.4, 0.5) is 11.4 Å². The van der Waals surface area contributed by atoms with Gasteiger partial charge in [0.1, 0.15) is 12.2 Å². The lowest BCUT2D eigenvalue weighted by atomic mass is 10.0. The standard InChI is InChI=1S/C20H17Cl2NO5S.C12H11Cl.C9H9Cl2NO3/c21-11-16(12-22)28-18-9-3-7-15(20(18)23(24)25)13-29(26,27)19-10-4-6-14-5-1-2-8-17(14)19;13-9-8-11-6-3-5-10-4-1-2-7-12(10)11;10-5-7(6-11)15-9-4-2-1-3-8(9)12(13)14/h1-10,16H,11-13H2;1-7H,8-9H2;1-4,7H,5-6H2. The molecule has 0 unspecified atom stereocenters. The summed E-state index contributed by atoms with van der Waals surface area (Å²) in [6.45, 7) is 0. The van der Waals surface area contributed by atoms with Gasteiger partial charge in [0.05, 0.1) is 44.0 Å². The maximum absolute atomic E-state index is 13.1. The van der Waals surface area contributed by atoms with Crippen LogP contribution < -0.4 is 9.47 Å². The van der Waals surface area contributed by atoms with Gasteiger partial charge in [-0.3, -0.25) is 20.2 Å². The third-order valence-electron chi connectivity index (χ3n) is 8.28. The lowest BCUT2D eigenvalue weighted by molar-refractivity contribution is -0.386. The van der Waals surface area contributed by atoms with Crippen LogP contribution in [0.2, 0.25) is 0 Å². The summed E-state index contributed by atoms with van der Waals surface area (Å²) in [7, 11) is -3.86. The predicted molar refractivity (Wildman–Crippen MR) is 231 cm³/mol. The van der Waals surface area contributed by atoms with E-state index in [1.807, 2.05) is 18.2 Å². The Labute approximate surface area is 355 Å². The molecule has 0 aliphatic carbocycles. The van der Waals surface area contributed by atoms with Crippen LogP contribution in [0.15, 0.2) is 132 Å². The van der Waals surface area contributed by atoms with Gasteiger partial charge in [-0.1, -0.05) is 103 Å². The first-order valence-electron chi connectivity index (χ1n) is 17.3. The monoisotopic (exact) mass is 892 g/mol. The molecule has 6 rings (SSSR count). The van der Waals surface area contributed by atoms with Crippen molar-refractivity contribution in [3.63, 3.8) is 0 Å². The lowest BCUT2D eigenvalue weighted by Gasteiger charge is -2.15. The van der Waals surface area contributed by atoms with E-state index in [1.165, 1.54) is 52.7 Å². The highest BCUT2D eigenvalue weighted by Gasteiger charge is 2.28. The van der Waals surface area contributed by atoms with Gasteiger partial charge >= 0.3 is 11.4 Å². The summed E-state index contributed by atoms with van der Waals surface area (Å²) in [5.74, 6) is 0.735. The fourth-order valence-corrected chi connectivity index (χ4v) is 8.34. The van der Waals surface area contributed by atoms with Gasteiger partial charge in [-0.05, 0) is 46.3 Å². The molecule has 300 valence electrons. The first-order valence-corrected chi connectivity index (χ1v) is 21.6. The molecule has 0 aliphatic heterocycles. The minimum atomic E-state index is -3.86. The Balaban J connectivity index is 0.000000214. The van der Waals surface area contributed by atoms with Crippen LogP contribution in [0, 0.1) is 20.2 Å². The molecule has 6 aromatic rings. The summed E-state index contributed by atoms with van der Waals surface area (Å²) in [6.07, 6.45) is -0.112. The maximum atomic E-state index is 13.1. The molecular formula is C41H37Cl5N2O8S. The smallest absolute Gasteiger partial charge is 0.315 e. The number of rotatable bonds is 15. The number of hydrogen-bond acceptors (Lipinski definition) is 8. The summed E-state index contributed by atoms with van der Waals surface area (Å²) < 4.78 is 37.1. The van der Waals surface area contributed by atoms with Crippen LogP contribution in [0.25, 0.3) is 21.5 Å². The molecule has 0 aliphatic rings. The van der Waals surface area contributed by atoms with Crippen LogP contribution in [0.5, 0.6) is 11.5 Å². The fourth-order valence-electron chi connectivity index (χ4n) is 5.62. The highest BCUT2D eigenvalue weighted by molar-refractivity contribution is 7.90. The average Bonchev–Trinajstić information content (AvgIpc) is 3.22. The van der Waals surface area contributed by atoms with Crippen molar-refractivity contribution < 1.29 is 27.7 Å².